The van der Waals surface area contributed by atoms with Gasteiger partial charge in [-0.25, -0.2) is 0 Å². The minimum atomic E-state index is 0.710. The Morgan fingerprint density at radius 2 is 2.00 bits per heavy atom. The standard InChI is InChI=1S/C14H13BrN2/c1-11(12-5-3-2-4-6-12)8-17-14-7-13(15)9-16-10-14/h2-7,9-10,17H,1,8H2. The highest BCUT2D eigenvalue weighted by Gasteiger charge is 1.98. The summed E-state index contributed by atoms with van der Waals surface area (Å²) < 4.78 is 0.966. The maximum atomic E-state index is 4.10. The van der Waals surface area contributed by atoms with Gasteiger partial charge in [0.05, 0.1) is 11.9 Å². The maximum absolute atomic E-state index is 4.10. The molecule has 0 fully saturated rings. The van der Waals surface area contributed by atoms with Gasteiger partial charge >= 0.3 is 0 Å². The van der Waals surface area contributed by atoms with Gasteiger partial charge in [0.2, 0.25) is 0 Å². The minimum absolute atomic E-state index is 0.710. The molecule has 0 unspecified atom stereocenters. The Bertz CT molecular complexity index is 509. The first-order valence-corrected chi connectivity index (χ1v) is 6.12. The fraction of sp³-hybridized carbons (Fsp3) is 0.0714. The zero-order valence-corrected chi connectivity index (χ0v) is 10.9. The van der Waals surface area contributed by atoms with Crippen molar-refractivity contribution in [3.05, 3.63) is 65.4 Å². The Balaban J connectivity index is 1.97. The number of pyridine rings is 1. The number of halogens is 1. The molecular weight excluding hydrogens is 276 g/mol. The second-order valence-electron chi connectivity index (χ2n) is 3.71. The molecule has 0 amide bonds. The highest BCUT2D eigenvalue weighted by atomic mass is 79.9. The van der Waals surface area contributed by atoms with E-state index in [-0.39, 0.29) is 0 Å². The number of nitrogens with zero attached hydrogens (tertiary/aromatic N) is 1. The van der Waals surface area contributed by atoms with E-state index in [0.717, 1.165) is 21.3 Å². The third-order valence-corrected chi connectivity index (χ3v) is 2.83. The smallest absolute Gasteiger partial charge is 0.0540 e. The van der Waals surface area contributed by atoms with Crippen LogP contribution in [-0.2, 0) is 0 Å². The number of rotatable bonds is 4. The zero-order chi connectivity index (χ0) is 12.1. The van der Waals surface area contributed by atoms with Gasteiger partial charge in [0.15, 0.2) is 0 Å². The normalized spacial score (nSPS) is 9.94. The average molecular weight is 289 g/mol. The molecule has 17 heavy (non-hydrogen) atoms. The molecule has 0 radical (unpaired) electrons. The molecule has 1 heterocycles. The summed E-state index contributed by atoms with van der Waals surface area (Å²) in [6.07, 6.45) is 3.56. The number of hydrogen-bond donors (Lipinski definition) is 1. The van der Waals surface area contributed by atoms with Gasteiger partial charge < -0.3 is 5.32 Å². The summed E-state index contributed by atoms with van der Waals surface area (Å²) in [6.45, 7) is 4.78. The van der Waals surface area contributed by atoms with E-state index in [1.165, 1.54) is 0 Å². The SMILES string of the molecule is C=C(CNc1cncc(Br)c1)c1ccccc1. The molecule has 0 aliphatic carbocycles. The Morgan fingerprint density at radius 1 is 1.24 bits per heavy atom. The minimum Gasteiger partial charge on any atom is -0.380 e. The van der Waals surface area contributed by atoms with Gasteiger partial charge in [-0.05, 0) is 33.1 Å². The van der Waals surface area contributed by atoms with Gasteiger partial charge in [0, 0.05) is 17.2 Å². The molecule has 0 saturated carbocycles. The third kappa shape index (κ3) is 3.43. The Labute approximate surface area is 110 Å². The molecule has 0 spiro atoms. The molecule has 0 bridgehead atoms. The van der Waals surface area contributed by atoms with Crippen molar-refractivity contribution in [2.45, 2.75) is 0 Å². The van der Waals surface area contributed by atoms with Crippen molar-refractivity contribution in [1.29, 1.82) is 0 Å². The number of aromatic nitrogens is 1. The third-order valence-electron chi connectivity index (χ3n) is 2.39. The Hall–Kier alpha value is -1.61. The van der Waals surface area contributed by atoms with Crippen molar-refractivity contribution < 1.29 is 0 Å². The molecular formula is C14H13BrN2. The summed E-state index contributed by atoms with van der Waals surface area (Å²) in [4.78, 5) is 4.10. The zero-order valence-electron chi connectivity index (χ0n) is 9.36. The van der Waals surface area contributed by atoms with Crippen molar-refractivity contribution in [2.24, 2.45) is 0 Å². The van der Waals surface area contributed by atoms with Crippen LogP contribution in [-0.4, -0.2) is 11.5 Å². The molecule has 1 aromatic carbocycles. The first-order valence-electron chi connectivity index (χ1n) is 5.33. The van der Waals surface area contributed by atoms with E-state index in [9.17, 15) is 0 Å². The van der Waals surface area contributed by atoms with Crippen molar-refractivity contribution in [3.63, 3.8) is 0 Å². The molecule has 0 aliphatic rings. The fourth-order valence-corrected chi connectivity index (χ4v) is 1.86. The van der Waals surface area contributed by atoms with Crippen molar-refractivity contribution in [2.75, 3.05) is 11.9 Å². The van der Waals surface area contributed by atoms with E-state index in [0.29, 0.717) is 6.54 Å². The van der Waals surface area contributed by atoms with Crippen LogP contribution in [0.5, 0.6) is 0 Å². The lowest BCUT2D eigenvalue weighted by Crippen LogP contribution is -2.03. The summed E-state index contributed by atoms with van der Waals surface area (Å²) in [7, 11) is 0. The van der Waals surface area contributed by atoms with E-state index in [4.69, 9.17) is 0 Å². The molecule has 0 aliphatic heterocycles. The Morgan fingerprint density at radius 3 is 2.71 bits per heavy atom. The Kier molecular flexibility index (Phi) is 3.94. The van der Waals surface area contributed by atoms with E-state index in [2.05, 4.69) is 44.9 Å². The van der Waals surface area contributed by atoms with Gasteiger partial charge in [-0.3, -0.25) is 4.98 Å². The van der Waals surface area contributed by atoms with Crippen LogP contribution in [0.2, 0.25) is 0 Å². The van der Waals surface area contributed by atoms with Crippen LogP contribution in [0.25, 0.3) is 5.57 Å². The van der Waals surface area contributed by atoms with Crippen LogP contribution in [0.4, 0.5) is 5.69 Å². The number of benzene rings is 1. The lowest BCUT2D eigenvalue weighted by atomic mass is 10.1. The van der Waals surface area contributed by atoms with Crippen LogP contribution < -0.4 is 5.32 Å². The average Bonchev–Trinajstić information content (AvgIpc) is 2.37. The monoisotopic (exact) mass is 288 g/mol. The highest BCUT2D eigenvalue weighted by Crippen LogP contribution is 2.16. The van der Waals surface area contributed by atoms with E-state index < -0.39 is 0 Å². The van der Waals surface area contributed by atoms with Crippen LogP contribution in [0.3, 0.4) is 0 Å². The molecule has 86 valence electrons. The van der Waals surface area contributed by atoms with Crippen molar-refractivity contribution >= 4 is 27.2 Å². The number of nitrogens with one attached hydrogen (secondary N) is 1. The molecule has 2 rings (SSSR count). The maximum Gasteiger partial charge on any atom is 0.0540 e. The first-order chi connectivity index (χ1) is 8.25. The fourth-order valence-electron chi connectivity index (χ4n) is 1.49. The van der Waals surface area contributed by atoms with Gasteiger partial charge in [-0.15, -0.1) is 0 Å². The molecule has 0 atom stereocenters. The van der Waals surface area contributed by atoms with Crippen LogP contribution in [0, 0.1) is 0 Å². The molecule has 1 N–H and O–H groups in total. The second-order valence-corrected chi connectivity index (χ2v) is 4.63. The van der Waals surface area contributed by atoms with Crippen molar-refractivity contribution in [1.82, 2.24) is 4.98 Å². The van der Waals surface area contributed by atoms with Crippen LogP contribution in [0.1, 0.15) is 5.56 Å². The lowest BCUT2D eigenvalue weighted by molar-refractivity contribution is 1.26. The van der Waals surface area contributed by atoms with Gasteiger partial charge in [-0.1, -0.05) is 36.9 Å². The molecule has 0 saturated heterocycles. The van der Waals surface area contributed by atoms with E-state index in [1.807, 2.05) is 24.3 Å². The first kappa shape index (κ1) is 11.9. The van der Waals surface area contributed by atoms with Crippen molar-refractivity contribution in [3.8, 4) is 0 Å². The van der Waals surface area contributed by atoms with Crippen LogP contribution >= 0.6 is 15.9 Å². The van der Waals surface area contributed by atoms with Crippen LogP contribution in [0.15, 0.2) is 59.8 Å². The van der Waals surface area contributed by atoms with Gasteiger partial charge in [0.25, 0.3) is 0 Å². The summed E-state index contributed by atoms with van der Waals surface area (Å²) >= 11 is 3.39. The molecule has 1 aromatic heterocycles. The molecule has 2 nitrogen and oxygen atoms in total. The summed E-state index contributed by atoms with van der Waals surface area (Å²) in [5.41, 5.74) is 3.20. The summed E-state index contributed by atoms with van der Waals surface area (Å²) in [6, 6.07) is 12.1. The van der Waals surface area contributed by atoms with E-state index in [1.54, 1.807) is 12.4 Å². The van der Waals surface area contributed by atoms with Gasteiger partial charge in [0.1, 0.15) is 0 Å². The largest absolute Gasteiger partial charge is 0.380 e. The summed E-state index contributed by atoms with van der Waals surface area (Å²) in [5, 5.41) is 3.29. The predicted octanol–water partition coefficient (Wildman–Crippen LogP) is 3.97. The topological polar surface area (TPSA) is 24.9 Å². The number of anilines is 1. The highest BCUT2D eigenvalue weighted by molar-refractivity contribution is 9.10. The molecule has 3 heteroatoms. The van der Waals surface area contributed by atoms with Gasteiger partial charge in [-0.2, -0.15) is 0 Å². The lowest BCUT2D eigenvalue weighted by Gasteiger charge is -2.09. The number of hydrogen-bond acceptors (Lipinski definition) is 2. The van der Waals surface area contributed by atoms with E-state index >= 15 is 0 Å². The molecule has 2 aromatic rings. The summed E-state index contributed by atoms with van der Waals surface area (Å²) in [5.74, 6) is 0. The predicted molar refractivity (Wildman–Crippen MR) is 75.9 cm³/mol. The second kappa shape index (κ2) is 5.64. The quantitative estimate of drug-likeness (QED) is 0.921.